The van der Waals surface area contributed by atoms with Crippen LogP contribution in [0.25, 0.3) is 0 Å². The number of anilines is 1. The zero-order chi connectivity index (χ0) is 25.1. The smallest absolute Gasteiger partial charge is 0.257 e. The summed E-state index contributed by atoms with van der Waals surface area (Å²) in [6.07, 6.45) is 0.448. The van der Waals surface area contributed by atoms with Crippen LogP contribution in [0.15, 0.2) is 78.9 Å². The van der Waals surface area contributed by atoms with E-state index >= 15 is 0 Å². The highest BCUT2D eigenvalue weighted by Crippen LogP contribution is 2.32. The van der Waals surface area contributed by atoms with Gasteiger partial charge in [-0.15, -0.1) is 0 Å². The number of amides is 1. The first kappa shape index (κ1) is 23.4. The van der Waals surface area contributed by atoms with Crippen LogP contribution in [0.2, 0.25) is 0 Å². The first-order chi connectivity index (χ1) is 17.5. The van der Waals surface area contributed by atoms with E-state index in [9.17, 15) is 13.6 Å². The molecule has 4 aromatic rings. The fourth-order valence-electron chi connectivity index (χ4n) is 4.17. The standard InChI is InChI=1S/C28H24F2N4O2/c1-33(17-19-8-3-2-4-9-19)28-31-25-14-15-34(27(35)22-12-5-6-13-24(22)30)18-23(25)26(32-28)36-21-11-7-10-20(29)16-21/h2-13,16H,14-15,17-18H2,1H3. The Hall–Kier alpha value is -4.33. The van der Waals surface area contributed by atoms with Gasteiger partial charge in [0.15, 0.2) is 0 Å². The van der Waals surface area contributed by atoms with Crippen LogP contribution in [-0.2, 0) is 19.5 Å². The Bertz CT molecular complexity index is 1400. The van der Waals surface area contributed by atoms with Crippen molar-refractivity contribution in [1.82, 2.24) is 14.9 Å². The Labute approximate surface area is 207 Å². The number of aromatic nitrogens is 2. The lowest BCUT2D eigenvalue weighted by molar-refractivity contribution is 0.0727. The summed E-state index contributed by atoms with van der Waals surface area (Å²) in [7, 11) is 1.89. The third-order valence-electron chi connectivity index (χ3n) is 6.02. The van der Waals surface area contributed by atoms with E-state index in [1.165, 1.54) is 24.3 Å². The van der Waals surface area contributed by atoms with Gasteiger partial charge in [0.2, 0.25) is 11.8 Å². The number of hydrogen-bond donors (Lipinski definition) is 0. The molecule has 0 bridgehead atoms. The molecule has 36 heavy (non-hydrogen) atoms. The molecule has 0 unspecified atom stereocenters. The second kappa shape index (κ2) is 10.1. The summed E-state index contributed by atoms with van der Waals surface area (Å²) in [5, 5.41) is 0. The van der Waals surface area contributed by atoms with Crippen molar-refractivity contribution in [2.45, 2.75) is 19.5 Å². The zero-order valence-corrected chi connectivity index (χ0v) is 19.7. The second-order valence-corrected chi connectivity index (χ2v) is 8.61. The number of fused-ring (bicyclic) bond motifs is 1. The van der Waals surface area contributed by atoms with Gasteiger partial charge in [0.05, 0.1) is 23.4 Å². The quantitative estimate of drug-likeness (QED) is 0.366. The van der Waals surface area contributed by atoms with Crippen LogP contribution in [0.3, 0.4) is 0 Å². The van der Waals surface area contributed by atoms with Crippen molar-refractivity contribution in [3.63, 3.8) is 0 Å². The van der Waals surface area contributed by atoms with Crippen LogP contribution < -0.4 is 9.64 Å². The summed E-state index contributed by atoms with van der Waals surface area (Å²) in [4.78, 5) is 25.9. The maximum absolute atomic E-state index is 14.3. The van der Waals surface area contributed by atoms with Gasteiger partial charge in [-0.3, -0.25) is 4.79 Å². The monoisotopic (exact) mass is 486 g/mol. The summed E-state index contributed by atoms with van der Waals surface area (Å²) in [6.45, 7) is 1.10. The predicted molar refractivity (Wildman–Crippen MR) is 132 cm³/mol. The second-order valence-electron chi connectivity index (χ2n) is 8.61. The fraction of sp³-hybridized carbons (Fsp3) is 0.179. The molecular formula is C28H24F2N4O2. The van der Waals surface area contributed by atoms with Gasteiger partial charge in [-0.25, -0.2) is 13.8 Å². The molecule has 0 spiro atoms. The van der Waals surface area contributed by atoms with Crippen LogP contribution in [-0.4, -0.2) is 34.4 Å². The minimum Gasteiger partial charge on any atom is -0.438 e. The van der Waals surface area contributed by atoms with Crippen LogP contribution in [0.5, 0.6) is 11.6 Å². The van der Waals surface area contributed by atoms with Gasteiger partial charge in [-0.2, -0.15) is 4.98 Å². The van der Waals surface area contributed by atoms with E-state index in [2.05, 4.69) is 4.98 Å². The molecular weight excluding hydrogens is 462 g/mol. The lowest BCUT2D eigenvalue weighted by Crippen LogP contribution is -2.37. The molecule has 0 saturated carbocycles. The average molecular weight is 487 g/mol. The van der Waals surface area contributed by atoms with Crippen LogP contribution >= 0.6 is 0 Å². The molecule has 1 aliphatic heterocycles. The maximum Gasteiger partial charge on any atom is 0.257 e. The topological polar surface area (TPSA) is 58.6 Å². The Kier molecular flexibility index (Phi) is 6.58. The summed E-state index contributed by atoms with van der Waals surface area (Å²) in [5.41, 5.74) is 2.46. The third kappa shape index (κ3) is 5.02. The van der Waals surface area contributed by atoms with E-state index in [0.29, 0.717) is 31.0 Å². The zero-order valence-electron chi connectivity index (χ0n) is 19.7. The SMILES string of the molecule is CN(Cc1ccccc1)c1nc2c(c(Oc3cccc(F)c3)n1)CN(C(=O)c1ccccc1F)CC2. The Morgan fingerprint density at radius 3 is 2.56 bits per heavy atom. The van der Waals surface area contributed by atoms with E-state index in [1.807, 2.05) is 42.3 Å². The Balaban J connectivity index is 1.49. The highest BCUT2D eigenvalue weighted by Gasteiger charge is 2.29. The van der Waals surface area contributed by atoms with Gasteiger partial charge < -0.3 is 14.5 Å². The summed E-state index contributed by atoms with van der Waals surface area (Å²) in [6, 6.07) is 21.6. The van der Waals surface area contributed by atoms with E-state index in [0.717, 1.165) is 11.3 Å². The molecule has 0 N–H and O–H groups in total. The van der Waals surface area contributed by atoms with Crippen molar-refractivity contribution >= 4 is 11.9 Å². The Morgan fingerprint density at radius 2 is 1.78 bits per heavy atom. The van der Waals surface area contributed by atoms with Gasteiger partial charge in [0.25, 0.3) is 5.91 Å². The largest absolute Gasteiger partial charge is 0.438 e. The molecule has 0 radical (unpaired) electrons. The molecule has 8 heteroatoms. The van der Waals surface area contributed by atoms with Crippen LogP contribution in [0.1, 0.15) is 27.2 Å². The number of ether oxygens (including phenoxy) is 1. The van der Waals surface area contributed by atoms with Crippen molar-refractivity contribution in [3.8, 4) is 11.6 Å². The number of hydrogen-bond acceptors (Lipinski definition) is 5. The van der Waals surface area contributed by atoms with Crippen LogP contribution in [0.4, 0.5) is 14.7 Å². The lowest BCUT2D eigenvalue weighted by atomic mass is 10.0. The molecule has 0 saturated heterocycles. The fourth-order valence-corrected chi connectivity index (χ4v) is 4.17. The minimum absolute atomic E-state index is 0.00804. The van der Waals surface area contributed by atoms with Crippen molar-refractivity contribution < 1.29 is 18.3 Å². The normalized spacial score (nSPS) is 12.7. The van der Waals surface area contributed by atoms with Gasteiger partial charge in [-0.1, -0.05) is 48.5 Å². The number of carbonyl (C=O) groups is 1. The summed E-state index contributed by atoms with van der Waals surface area (Å²) < 4.78 is 34.1. The number of benzene rings is 3. The number of rotatable bonds is 6. The molecule has 6 nitrogen and oxygen atoms in total. The van der Waals surface area contributed by atoms with E-state index in [1.54, 1.807) is 29.2 Å². The van der Waals surface area contributed by atoms with E-state index < -0.39 is 17.5 Å². The molecule has 1 amide bonds. The lowest BCUT2D eigenvalue weighted by Gasteiger charge is -2.30. The molecule has 0 atom stereocenters. The van der Waals surface area contributed by atoms with Gasteiger partial charge in [0.1, 0.15) is 17.4 Å². The maximum atomic E-state index is 14.3. The molecule has 182 valence electrons. The first-order valence-corrected chi connectivity index (χ1v) is 11.6. The molecule has 5 rings (SSSR count). The van der Waals surface area contributed by atoms with Gasteiger partial charge >= 0.3 is 0 Å². The highest BCUT2D eigenvalue weighted by molar-refractivity contribution is 5.94. The Morgan fingerprint density at radius 1 is 1.00 bits per heavy atom. The number of nitrogens with zero attached hydrogens (tertiary/aromatic N) is 4. The molecule has 0 fully saturated rings. The van der Waals surface area contributed by atoms with Crippen molar-refractivity contribution in [3.05, 3.63) is 113 Å². The molecule has 1 aliphatic rings. The average Bonchev–Trinajstić information content (AvgIpc) is 2.89. The van der Waals surface area contributed by atoms with Crippen LogP contribution in [0, 0.1) is 11.6 Å². The number of halogens is 2. The molecule has 0 aliphatic carbocycles. The summed E-state index contributed by atoms with van der Waals surface area (Å²) >= 11 is 0. The number of carbonyl (C=O) groups excluding carboxylic acids is 1. The molecule has 3 aromatic carbocycles. The van der Waals surface area contributed by atoms with Gasteiger partial charge in [0, 0.05) is 32.6 Å². The van der Waals surface area contributed by atoms with E-state index in [-0.39, 0.29) is 23.7 Å². The van der Waals surface area contributed by atoms with Crippen molar-refractivity contribution in [1.29, 1.82) is 0 Å². The first-order valence-electron chi connectivity index (χ1n) is 11.6. The minimum atomic E-state index is -0.571. The summed E-state index contributed by atoms with van der Waals surface area (Å²) in [5.74, 6) is -0.442. The third-order valence-corrected chi connectivity index (χ3v) is 6.02. The highest BCUT2D eigenvalue weighted by atomic mass is 19.1. The van der Waals surface area contributed by atoms with Gasteiger partial charge in [-0.05, 0) is 29.8 Å². The van der Waals surface area contributed by atoms with Crippen molar-refractivity contribution in [2.75, 3.05) is 18.5 Å². The van der Waals surface area contributed by atoms with Crippen molar-refractivity contribution in [2.24, 2.45) is 0 Å². The molecule has 2 heterocycles. The molecule has 1 aromatic heterocycles. The predicted octanol–water partition coefficient (Wildman–Crippen LogP) is 5.38. The van der Waals surface area contributed by atoms with E-state index in [4.69, 9.17) is 9.72 Å².